The van der Waals surface area contributed by atoms with Crippen molar-refractivity contribution >= 4 is 29.0 Å². The standard InChI is InChI=1S/C24H27N5O2S/c1-16-22(17(2)29-24(27-16)19(13-25)14-26-29)6-7-23(30)28-20-5-3-4-18(12-20)15-32-21-8-10-31-11-9-21/h3-5,12,14,21H,6-11,15H2,1-2H3,(H,28,30). The van der Waals surface area contributed by atoms with Crippen LogP contribution in [0.2, 0.25) is 0 Å². The van der Waals surface area contributed by atoms with Gasteiger partial charge in [0.15, 0.2) is 5.65 Å². The molecule has 0 radical (unpaired) electrons. The lowest BCUT2D eigenvalue weighted by atomic mass is 10.1. The van der Waals surface area contributed by atoms with Crippen molar-refractivity contribution < 1.29 is 9.53 Å². The number of anilines is 1. The highest BCUT2D eigenvalue weighted by Crippen LogP contribution is 2.26. The summed E-state index contributed by atoms with van der Waals surface area (Å²) in [4.78, 5) is 17.2. The van der Waals surface area contributed by atoms with E-state index in [4.69, 9.17) is 4.74 Å². The van der Waals surface area contributed by atoms with E-state index >= 15 is 0 Å². The molecule has 0 saturated carbocycles. The number of carbonyl (C=O) groups is 1. The van der Waals surface area contributed by atoms with Crippen molar-refractivity contribution in [3.05, 3.63) is 58.5 Å². The van der Waals surface area contributed by atoms with Gasteiger partial charge in [-0.2, -0.15) is 22.1 Å². The highest BCUT2D eigenvalue weighted by Gasteiger charge is 2.16. The van der Waals surface area contributed by atoms with Crippen LogP contribution in [0.1, 0.15) is 47.3 Å². The van der Waals surface area contributed by atoms with Crippen molar-refractivity contribution in [3.63, 3.8) is 0 Å². The van der Waals surface area contributed by atoms with Gasteiger partial charge in [0.25, 0.3) is 0 Å². The molecule has 1 aliphatic rings. The first kappa shape index (κ1) is 22.3. The topological polar surface area (TPSA) is 92.3 Å². The minimum Gasteiger partial charge on any atom is -0.381 e. The Bertz CT molecular complexity index is 1160. The predicted molar refractivity (Wildman–Crippen MR) is 126 cm³/mol. The Balaban J connectivity index is 1.35. The summed E-state index contributed by atoms with van der Waals surface area (Å²) < 4.78 is 7.11. The monoisotopic (exact) mass is 449 g/mol. The Kier molecular flexibility index (Phi) is 7.08. The molecular weight excluding hydrogens is 422 g/mol. The summed E-state index contributed by atoms with van der Waals surface area (Å²) in [6, 6.07) is 10.2. The molecule has 1 fully saturated rings. The zero-order valence-corrected chi connectivity index (χ0v) is 19.2. The number of nitrogens with one attached hydrogen (secondary N) is 1. The molecule has 166 valence electrons. The van der Waals surface area contributed by atoms with Crippen LogP contribution in [0.3, 0.4) is 0 Å². The fourth-order valence-corrected chi connectivity index (χ4v) is 5.14. The molecule has 0 spiro atoms. The largest absolute Gasteiger partial charge is 0.381 e. The van der Waals surface area contributed by atoms with Crippen LogP contribution in [0.5, 0.6) is 0 Å². The van der Waals surface area contributed by atoms with E-state index in [1.165, 1.54) is 11.8 Å². The van der Waals surface area contributed by atoms with Crippen LogP contribution in [0.4, 0.5) is 5.69 Å². The number of benzene rings is 1. The Morgan fingerprint density at radius 1 is 1.34 bits per heavy atom. The van der Waals surface area contributed by atoms with E-state index in [0.29, 0.717) is 29.3 Å². The fraction of sp³-hybridized carbons (Fsp3) is 0.417. The molecule has 7 nitrogen and oxygen atoms in total. The first-order valence-corrected chi connectivity index (χ1v) is 11.9. The van der Waals surface area contributed by atoms with E-state index < -0.39 is 0 Å². The van der Waals surface area contributed by atoms with Gasteiger partial charge in [0.2, 0.25) is 5.91 Å². The van der Waals surface area contributed by atoms with Crippen molar-refractivity contribution in [3.8, 4) is 6.07 Å². The number of fused-ring (bicyclic) bond motifs is 1. The average molecular weight is 450 g/mol. The lowest BCUT2D eigenvalue weighted by Gasteiger charge is -2.21. The number of aromatic nitrogens is 3. The van der Waals surface area contributed by atoms with Crippen molar-refractivity contribution in [1.82, 2.24) is 14.6 Å². The number of ether oxygens (including phenoxy) is 1. The summed E-state index contributed by atoms with van der Waals surface area (Å²) in [6.07, 6.45) is 4.65. The van der Waals surface area contributed by atoms with Crippen LogP contribution in [0.15, 0.2) is 30.5 Å². The molecule has 2 aromatic heterocycles. The highest BCUT2D eigenvalue weighted by molar-refractivity contribution is 7.99. The third-order valence-corrected chi connectivity index (χ3v) is 7.24. The Morgan fingerprint density at radius 3 is 2.94 bits per heavy atom. The van der Waals surface area contributed by atoms with Gasteiger partial charge in [0.05, 0.1) is 6.20 Å². The number of aryl methyl sites for hydroxylation is 2. The van der Waals surface area contributed by atoms with E-state index in [2.05, 4.69) is 33.6 Å². The fourth-order valence-electron chi connectivity index (χ4n) is 4.01. The van der Waals surface area contributed by atoms with Crippen molar-refractivity contribution in [2.45, 2.75) is 50.5 Å². The van der Waals surface area contributed by atoms with Crippen LogP contribution < -0.4 is 5.32 Å². The number of nitrogens with zero attached hydrogens (tertiary/aromatic N) is 4. The lowest BCUT2D eigenvalue weighted by Crippen LogP contribution is -2.17. The Labute approximate surface area is 192 Å². The molecule has 0 aliphatic carbocycles. The summed E-state index contributed by atoms with van der Waals surface area (Å²) in [5.74, 6) is 0.906. The van der Waals surface area contributed by atoms with Crippen LogP contribution >= 0.6 is 11.8 Å². The maximum atomic E-state index is 12.6. The van der Waals surface area contributed by atoms with E-state index in [9.17, 15) is 10.1 Å². The van der Waals surface area contributed by atoms with Gasteiger partial charge >= 0.3 is 0 Å². The molecule has 4 rings (SSSR count). The molecule has 1 aromatic carbocycles. The van der Waals surface area contributed by atoms with E-state index in [1.54, 1.807) is 4.52 Å². The van der Waals surface area contributed by atoms with Gasteiger partial charge in [0, 0.05) is 47.7 Å². The number of thioether (sulfide) groups is 1. The minimum absolute atomic E-state index is 0.0312. The third-order valence-electron chi connectivity index (χ3n) is 5.80. The van der Waals surface area contributed by atoms with Crippen molar-refractivity contribution in [2.75, 3.05) is 18.5 Å². The zero-order chi connectivity index (χ0) is 22.5. The molecule has 1 aliphatic heterocycles. The molecule has 1 N–H and O–H groups in total. The molecule has 3 aromatic rings. The minimum atomic E-state index is -0.0312. The van der Waals surface area contributed by atoms with Gasteiger partial charge in [-0.15, -0.1) is 0 Å². The Hall–Kier alpha value is -2.89. The van der Waals surface area contributed by atoms with Gasteiger partial charge in [-0.1, -0.05) is 12.1 Å². The summed E-state index contributed by atoms with van der Waals surface area (Å²) in [5, 5.41) is 17.2. The number of hydrogen-bond acceptors (Lipinski definition) is 6. The van der Waals surface area contributed by atoms with Crippen LogP contribution in [0.25, 0.3) is 5.65 Å². The maximum Gasteiger partial charge on any atom is 0.224 e. The SMILES string of the molecule is Cc1nc2c(C#N)cnn2c(C)c1CCC(=O)Nc1cccc(CSC2CCOCC2)c1. The number of carbonyl (C=O) groups excluding carboxylic acids is 1. The molecule has 32 heavy (non-hydrogen) atoms. The van der Waals surface area contributed by atoms with E-state index in [0.717, 1.165) is 54.4 Å². The summed E-state index contributed by atoms with van der Waals surface area (Å²) in [7, 11) is 0. The number of amides is 1. The first-order chi connectivity index (χ1) is 15.5. The van der Waals surface area contributed by atoms with Crippen LogP contribution in [-0.4, -0.2) is 39.0 Å². The Morgan fingerprint density at radius 2 is 2.16 bits per heavy atom. The molecular formula is C24H27N5O2S. The smallest absolute Gasteiger partial charge is 0.224 e. The highest BCUT2D eigenvalue weighted by atomic mass is 32.2. The van der Waals surface area contributed by atoms with E-state index in [-0.39, 0.29) is 5.91 Å². The predicted octanol–water partition coefficient (Wildman–Crippen LogP) is 4.20. The maximum absolute atomic E-state index is 12.6. The molecule has 0 atom stereocenters. The first-order valence-electron chi connectivity index (χ1n) is 10.9. The number of nitriles is 1. The number of hydrogen-bond donors (Lipinski definition) is 1. The zero-order valence-electron chi connectivity index (χ0n) is 18.4. The quantitative estimate of drug-likeness (QED) is 0.581. The lowest BCUT2D eigenvalue weighted by molar-refractivity contribution is -0.116. The molecule has 3 heterocycles. The molecule has 0 bridgehead atoms. The van der Waals surface area contributed by atoms with Gasteiger partial charge < -0.3 is 10.1 Å². The molecule has 0 unspecified atom stereocenters. The van der Waals surface area contributed by atoms with Gasteiger partial charge in [0.1, 0.15) is 11.6 Å². The number of rotatable bonds is 7. The average Bonchev–Trinajstić information content (AvgIpc) is 3.21. The normalized spacial score (nSPS) is 14.4. The van der Waals surface area contributed by atoms with Crippen LogP contribution in [0, 0.1) is 25.2 Å². The summed E-state index contributed by atoms with van der Waals surface area (Å²) >= 11 is 1.96. The molecule has 1 saturated heterocycles. The van der Waals surface area contributed by atoms with Gasteiger partial charge in [-0.25, -0.2) is 9.50 Å². The molecule has 1 amide bonds. The van der Waals surface area contributed by atoms with Crippen molar-refractivity contribution in [1.29, 1.82) is 5.26 Å². The van der Waals surface area contributed by atoms with E-state index in [1.807, 2.05) is 37.7 Å². The van der Waals surface area contributed by atoms with Gasteiger partial charge in [-0.3, -0.25) is 4.79 Å². The molecule has 8 heteroatoms. The third kappa shape index (κ3) is 5.12. The van der Waals surface area contributed by atoms with Crippen LogP contribution in [-0.2, 0) is 21.7 Å². The second-order valence-corrected chi connectivity index (χ2v) is 9.33. The second kappa shape index (κ2) is 10.2. The summed E-state index contributed by atoms with van der Waals surface area (Å²) in [5.41, 5.74) is 5.78. The summed E-state index contributed by atoms with van der Waals surface area (Å²) in [6.45, 7) is 5.57. The second-order valence-electron chi connectivity index (χ2n) is 8.04. The van der Waals surface area contributed by atoms with Crippen molar-refractivity contribution in [2.24, 2.45) is 0 Å². The van der Waals surface area contributed by atoms with Gasteiger partial charge in [-0.05, 0) is 56.4 Å².